The molecule has 2 heteroatoms. The molecule has 0 radical (unpaired) electrons. The third-order valence-electron chi connectivity index (χ3n) is 11.6. The summed E-state index contributed by atoms with van der Waals surface area (Å²) in [5.41, 5.74) is 16.7. The predicted octanol–water partition coefficient (Wildman–Crippen LogP) is 14.1. The number of hydrogen-bond donors (Lipinski definition) is 0. The van der Waals surface area contributed by atoms with Crippen LogP contribution in [0, 0.1) is 0 Å². The highest BCUT2D eigenvalue weighted by Gasteiger charge is 2.52. The second-order valence-corrected chi connectivity index (χ2v) is 14.5. The first kappa shape index (κ1) is 31.4. The molecule has 0 saturated heterocycles. The molecule has 1 spiro atoms. The zero-order valence-electron chi connectivity index (χ0n) is 30.2. The molecule has 0 unspecified atom stereocenters. The Morgan fingerprint density at radius 1 is 0.236 bits per heavy atom. The van der Waals surface area contributed by atoms with Gasteiger partial charge in [0.05, 0.1) is 5.41 Å². The molecule has 0 bridgehead atoms. The van der Waals surface area contributed by atoms with Crippen LogP contribution in [0.4, 0.5) is 34.1 Å². The molecule has 2 aliphatic carbocycles. The average molecular weight is 701 g/mol. The minimum Gasteiger partial charge on any atom is -0.310 e. The van der Waals surface area contributed by atoms with Crippen LogP contribution >= 0.6 is 0 Å². The fourth-order valence-electron chi connectivity index (χ4n) is 9.33. The molecule has 0 fully saturated rings. The largest absolute Gasteiger partial charge is 0.310 e. The number of para-hydroxylation sites is 3. The van der Waals surface area contributed by atoms with E-state index in [9.17, 15) is 0 Å². The van der Waals surface area contributed by atoms with Gasteiger partial charge in [-0.15, -0.1) is 0 Å². The van der Waals surface area contributed by atoms with Gasteiger partial charge in [-0.2, -0.15) is 0 Å². The van der Waals surface area contributed by atoms with Crippen LogP contribution < -0.4 is 9.80 Å². The zero-order chi connectivity index (χ0) is 36.3. The van der Waals surface area contributed by atoms with Crippen LogP contribution in [0.2, 0.25) is 0 Å². The predicted molar refractivity (Wildman–Crippen MR) is 230 cm³/mol. The zero-order valence-corrected chi connectivity index (χ0v) is 30.2. The molecule has 0 amide bonds. The molecule has 0 aromatic heterocycles. The molecule has 2 nitrogen and oxygen atoms in total. The quantitative estimate of drug-likeness (QED) is 0.170. The maximum absolute atomic E-state index is 2.47. The summed E-state index contributed by atoms with van der Waals surface area (Å²) in [5, 5.41) is 2.45. The number of nitrogens with zero attached hydrogens (tertiary/aromatic N) is 2. The van der Waals surface area contributed by atoms with E-state index in [1.165, 1.54) is 55.3 Å². The molecular formula is C53H36N2. The summed E-state index contributed by atoms with van der Waals surface area (Å²) in [6.07, 6.45) is 0. The fraction of sp³-hybridized carbons (Fsp3) is 0.0189. The van der Waals surface area contributed by atoms with E-state index in [2.05, 4.69) is 228 Å². The fourth-order valence-corrected chi connectivity index (χ4v) is 9.33. The molecule has 9 aromatic rings. The lowest BCUT2D eigenvalue weighted by molar-refractivity contribution is 0.793. The second-order valence-electron chi connectivity index (χ2n) is 14.5. The first-order chi connectivity index (χ1) is 27.3. The SMILES string of the molecule is c1ccc(N(c2ccccc2)c2ccc3c(c2)C2(c4ccccc4-c4ccccc42)c2cc(N(c4ccccc4)c4ccc5ccccc5c4)ccc2-3)cc1. The van der Waals surface area contributed by atoms with Gasteiger partial charge in [-0.05, 0) is 128 Å². The van der Waals surface area contributed by atoms with Crippen molar-refractivity contribution < 1.29 is 0 Å². The van der Waals surface area contributed by atoms with Gasteiger partial charge >= 0.3 is 0 Å². The molecule has 258 valence electrons. The molecule has 2 aliphatic rings. The molecule has 55 heavy (non-hydrogen) atoms. The van der Waals surface area contributed by atoms with Gasteiger partial charge < -0.3 is 9.80 Å². The first-order valence-corrected chi connectivity index (χ1v) is 19.0. The summed E-state index contributed by atoms with van der Waals surface area (Å²) in [6, 6.07) is 80.0. The summed E-state index contributed by atoms with van der Waals surface area (Å²) >= 11 is 0. The van der Waals surface area contributed by atoms with E-state index in [-0.39, 0.29) is 0 Å². The van der Waals surface area contributed by atoms with Crippen molar-refractivity contribution in [1.82, 2.24) is 0 Å². The number of rotatable bonds is 6. The van der Waals surface area contributed by atoms with Crippen LogP contribution in [-0.4, -0.2) is 0 Å². The Bertz CT molecular complexity index is 2790. The molecule has 11 rings (SSSR count). The van der Waals surface area contributed by atoms with E-state index in [4.69, 9.17) is 0 Å². The lowest BCUT2D eigenvalue weighted by Gasteiger charge is -2.33. The van der Waals surface area contributed by atoms with E-state index >= 15 is 0 Å². The smallest absolute Gasteiger partial charge is 0.0727 e. The summed E-state index contributed by atoms with van der Waals surface area (Å²) in [5.74, 6) is 0. The van der Waals surface area contributed by atoms with E-state index in [1.807, 2.05) is 0 Å². The van der Waals surface area contributed by atoms with Gasteiger partial charge in [-0.1, -0.05) is 146 Å². The Labute approximate surface area is 321 Å². The summed E-state index contributed by atoms with van der Waals surface area (Å²) in [6.45, 7) is 0. The minimum absolute atomic E-state index is 0.519. The van der Waals surface area contributed by atoms with Crippen LogP contribution in [0.3, 0.4) is 0 Å². The summed E-state index contributed by atoms with van der Waals surface area (Å²) < 4.78 is 0. The van der Waals surface area contributed by atoms with Crippen LogP contribution in [-0.2, 0) is 5.41 Å². The molecule has 0 saturated carbocycles. The van der Waals surface area contributed by atoms with Crippen LogP contribution in [0.15, 0.2) is 218 Å². The minimum atomic E-state index is -0.519. The second kappa shape index (κ2) is 12.5. The van der Waals surface area contributed by atoms with Crippen LogP contribution in [0.5, 0.6) is 0 Å². The van der Waals surface area contributed by atoms with Crippen molar-refractivity contribution in [3.8, 4) is 22.3 Å². The van der Waals surface area contributed by atoms with Crippen molar-refractivity contribution in [3.05, 3.63) is 241 Å². The Kier molecular flexibility index (Phi) is 7.11. The topological polar surface area (TPSA) is 6.48 Å². The number of benzene rings is 9. The monoisotopic (exact) mass is 700 g/mol. The third kappa shape index (κ3) is 4.75. The summed E-state index contributed by atoms with van der Waals surface area (Å²) in [4.78, 5) is 4.79. The average Bonchev–Trinajstić information content (AvgIpc) is 3.72. The van der Waals surface area contributed by atoms with Crippen molar-refractivity contribution in [2.24, 2.45) is 0 Å². The number of fused-ring (bicyclic) bond motifs is 11. The third-order valence-corrected chi connectivity index (χ3v) is 11.6. The normalized spacial score (nSPS) is 12.9. The maximum Gasteiger partial charge on any atom is 0.0727 e. The Balaban J connectivity index is 1.18. The lowest BCUT2D eigenvalue weighted by Crippen LogP contribution is -2.26. The molecule has 0 N–H and O–H groups in total. The highest BCUT2D eigenvalue weighted by molar-refractivity contribution is 5.98. The van der Waals surface area contributed by atoms with Crippen LogP contribution in [0.25, 0.3) is 33.0 Å². The Morgan fingerprint density at radius 2 is 0.600 bits per heavy atom. The van der Waals surface area contributed by atoms with E-state index < -0.39 is 5.41 Å². The van der Waals surface area contributed by atoms with Crippen molar-refractivity contribution in [3.63, 3.8) is 0 Å². The van der Waals surface area contributed by atoms with E-state index in [0.29, 0.717) is 0 Å². The highest BCUT2D eigenvalue weighted by atomic mass is 15.1. The highest BCUT2D eigenvalue weighted by Crippen LogP contribution is 2.64. The molecule has 0 atom stereocenters. The Morgan fingerprint density at radius 3 is 1.11 bits per heavy atom. The van der Waals surface area contributed by atoms with Gasteiger partial charge in [-0.3, -0.25) is 0 Å². The Hall–Kier alpha value is -7.16. The van der Waals surface area contributed by atoms with E-state index in [0.717, 1.165) is 34.1 Å². The van der Waals surface area contributed by atoms with Gasteiger partial charge in [0.25, 0.3) is 0 Å². The van der Waals surface area contributed by atoms with Crippen molar-refractivity contribution >= 4 is 44.9 Å². The van der Waals surface area contributed by atoms with E-state index in [1.54, 1.807) is 0 Å². The van der Waals surface area contributed by atoms with Gasteiger partial charge in [0.1, 0.15) is 0 Å². The molecule has 9 aromatic carbocycles. The molecule has 0 heterocycles. The van der Waals surface area contributed by atoms with Crippen molar-refractivity contribution in [2.75, 3.05) is 9.80 Å². The maximum atomic E-state index is 2.47. The summed E-state index contributed by atoms with van der Waals surface area (Å²) in [7, 11) is 0. The van der Waals surface area contributed by atoms with Gasteiger partial charge in [0.15, 0.2) is 0 Å². The van der Waals surface area contributed by atoms with Crippen LogP contribution in [0.1, 0.15) is 22.3 Å². The van der Waals surface area contributed by atoms with Crippen molar-refractivity contribution in [1.29, 1.82) is 0 Å². The first-order valence-electron chi connectivity index (χ1n) is 19.0. The van der Waals surface area contributed by atoms with Gasteiger partial charge in [0, 0.05) is 34.1 Å². The van der Waals surface area contributed by atoms with Crippen molar-refractivity contribution in [2.45, 2.75) is 5.41 Å². The molecule has 0 aliphatic heterocycles. The standard InChI is InChI=1S/C53H36N2/c1-4-18-39(19-5-1)54(40-20-6-2-7-21-40)43-30-32-47-48-33-31-44(55(41-22-8-3-9-23-41)42-29-28-37-16-10-11-17-38(37)34-42)36-52(48)53(51(47)35-43)49-26-14-12-24-45(49)46-25-13-15-27-50(46)53/h1-36H. The number of hydrogen-bond acceptors (Lipinski definition) is 2. The van der Waals surface area contributed by atoms with Gasteiger partial charge in [-0.25, -0.2) is 0 Å². The number of anilines is 6. The lowest BCUT2D eigenvalue weighted by atomic mass is 9.70. The van der Waals surface area contributed by atoms with Gasteiger partial charge in [0.2, 0.25) is 0 Å². The molecular weight excluding hydrogens is 665 g/mol.